The van der Waals surface area contributed by atoms with Crippen molar-refractivity contribution in [2.45, 2.75) is 38.3 Å². The molecule has 1 aromatic rings. The normalized spacial score (nSPS) is 27.9. The number of likely N-dealkylation sites (tertiary alicyclic amines) is 1. The lowest BCUT2D eigenvalue weighted by Crippen LogP contribution is -2.43. The molecule has 2 heterocycles. The molecule has 2 nitrogen and oxygen atoms in total. The van der Waals surface area contributed by atoms with Crippen molar-refractivity contribution in [3.63, 3.8) is 0 Å². The Morgan fingerprint density at radius 2 is 2.10 bits per heavy atom. The van der Waals surface area contributed by atoms with Gasteiger partial charge >= 0.3 is 0 Å². The van der Waals surface area contributed by atoms with Crippen molar-refractivity contribution in [2.24, 2.45) is 5.92 Å². The van der Waals surface area contributed by atoms with Crippen LogP contribution >= 0.6 is 23.2 Å². The zero-order valence-corrected chi connectivity index (χ0v) is 13.3. The second-order valence-electron chi connectivity index (χ2n) is 6.08. The molecule has 2 aliphatic rings. The van der Waals surface area contributed by atoms with Gasteiger partial charge in [-0.1, -0.05) is 23.2 Å². The highest BCUT2D eigenvalue weighted by Gasteiger charge is 2.29. The molecule has 2 saturated heterocycles. The van der Waals surface area contributed by atoms with E-state index in [-0.39, 0.29) is 0 Å². The van der Waals surface area contributed by atoms with E-state index in [9.17, 15) is 0 Å². The van der Waals surface area contributed by atoms with Gasteiger partial charge in [0.1, 0.15) is 0 Å². The van der Waals surface area contributed by atoms with Gasteiger partial charge in [-0.3, -0.25) is 4.90 Å². The lowest BCUT2D eigenvalue weighted by molar-refractivity contribution is 0.145. The van der Waals surface area contributed by atoms with Crippen LogP contribution in [0.15, 0.2) is 18.2 Å². The largest absolute Gasteiger partial charge is 0.314 e. The van der Waals surface area contributed by atoms with E-state index in [2.05, 4.69) is 10.2 Å². The van der Waals surface area contributed by atoms with Crippen LogP contribution in [0.2, 0.25) is 10.0 Å². The number of nitrogens with zero attached hydrogens (tertiary/aromatic N) is 1. The van der Waals surface area contributed by atoms with Gasteiger partial charge in [0.2, 0.25) is 0 Å². The molecule has 0 aliphatic carbocycles. The van der Waals surface area contributed by atoms with Crippen molar-refractivity contribution in [1.82, 2.24) is 10.2 Å². The Balaban J connectivity index is 1.63. The third kappa shape index (κ3) is 3.48. The van der Waals surface area contributed by atoms with Crippen LogP contribution in [-0.2, 0) is 6.54 Å². The van der Waals surface area contributed by atoms with Crippen molar-refractivity contribution in [3.8, 4) is 0 Å². The van der Waals surface area contributed by atoms with Gasteiger partial charge < -0.3 is 5.32 Å². The number of halogens is 2. The summed E-state index contributed by atoms with van der Waals surface area (Å²) in [6.07, 6.45) is 5.33. The lowest BCUT2D eigenvalue weighted by atomic mass is 9.89. The minimum absolute atomic E-state index is 0.729. The van der Waals surface area contributed by atoms with E-state index in [0.29, 0.717) is 0 Å². The van der Waals surface area contributed by atoms with E-state index in [0.717, 1.165) is 34.1 Å². The van der Waals surface area contributed by atoms with E-state index >= 15 is 0 Å². The molecule has 4 heteroatoms. The summed E-state index contributed by atoms with van der Waals surface area (Å²) in [5.41, 5.74) is 1.15. The molecule has 2 unspecified atom stereocenters. The Labute approximate surface area is 131 Å². The molecule has 2 fully saturated rings. The monoisotopic (exact) mass is 312 g/mol. The molecule has 0 aromatic heterocycles. The van der Waals surface area contributed by atoms with Crippen LogP contribution in [0.5, 0.6) is 0 Å². The van der Waals surface area contributed by atoms with Gasteiger partial charge in [-0.05, 0) is 68.5 Å². The molecular weight excluding hydrogens is 291 g/mol. The summed E-state index contributed by atoms with van der Waals surface area (Å²) < 4.78 is 0. The highest BCUT2D eigenvalue weighted by Crippen LogP contribution is 2.28. The summed E-state index contributed by atoms with van der Waals surface area (Å²) in [5.74, 6) is 0.796. The maximum atomic E-state index is 6.28. The van der Waals surface area contributed by atoms with Crippen LogP contribution in [0, 0.1) is 5.92 Å². The lowest BCUT2D eigenvalue weighted by Gasteiger charge is -2.36. The first-order valence-corrected chi connectivity index (χ1v) is 8.37. The van der Waals surface area contributed by atoms with Crippen molar-refractivity contribution in [1.29, 1.82) is 0 Å². The molecule has 2 atom stereocenters. The van der Waals surface area contributed by atoms with E-state index in [1.807, 2.05) is 18.2 Å². The van der Waals surface area contributed by atoms with Crippen molar-refractivity contribution in [3.05, 3.63) is 33.8 Å². The number of piperidine rings is 1. The fraction of sp³-hybridized carbons (Fsp3) is 0.625. The van der Waals surface area contributed by atoms with Crippen molar-refractivity contribution >= 4 is 23.2 Å². The van der Waals surface area contributed by atoms with E-state index in [1.165, 1.54) is 45.3 Å². The summed E-state index contributed by atoms with van der Waals surface area (Å²) in [7, 11) is 0. The van der Waals surface area contributed by atoms with E-state index < -0.39 is 0 Å². The molecule has 0 radical (unpaired) electrons. The summed E-state index contributed by atoms with van der Waals surface area (Å²) in [6.45, 7) is 4.47. The fourth-order valence-corrected chi connectivity index (χ4v) is 3.95. The second kappa shape index (κ2) is 6.65. The third-order valence-electron chi connectivity index (χ3n) is 4.61. The number of benzene rings is 1. The zero-order chi connectivity index (χ0) is 13.9. The van der Waals surface area contributed by atoms with Crippen molar-refractivity contribution in [2.75, 3.05) is 19.6 Å². The third-order valence-corrected chi connectivity index (χ3v) is 5.21. The number of hydrogen-bond acceptors (Lipinski definition) is 2. The molecule has 0 amide bonds. The Kier molecular flexibility index (Phi) is 4.87. The molecule has 2 aliphatic heterocycles. The van der Waals surface area contributed by atoms with Gasteiger partial charge in [0.15, 0.2) is 0 Å². The molecular formula is C16H22Cl2N2. The predicted molar refractivity (Wildman–Crippen MR) is 85.5 cm³/mol. The summed E-state index contributed by atoms with van der Waals surface area (Å²) >= 11 is 12.4. The molecule has 0 spiro atoms. The molecule has 110 valence electrons. The van der Waals surface area contributed by atoms with Crippen LogP contribution in [0.25, 0.3) is 0 Å². The highest BCUT2D eigenvalue weighted by atomic mass is 35.5. The van der Waals surface area contributed by atoms with Gasteiger partial charge in [-0.15, -0.1) is 0 Å². The quantitative estimate of drug-likeness (QED) is 0.909. The number of rotatable bonds is 3. The average Bonchev–Trinajstić information content (AvgIpc) is 2.97. The highest BCUT2D eigenvalue weighted by molar-refractivity contribution is 6.33. The predicted octanol–water partition coefficient (Wildman–Crippen LogP) is 3.96. The average molecular weight is 313 g/mol. The van der Waals surface area contributed by atoms with Crippen LogP contribution in [-0.4, -0.2) is 30.6 Å². The van der Waals surface area contributed by atoms with Gasteiger partial charge in [0.05, 0.1) is 0 Å². The summed E-state index contributed by atoms with van der Waals surface area (Å²) in [6, 6.07) is 6.49. The van der Waals surface area contributed by atoms with Crippen LogP contribution in [0.3, 0.4) is 0 Å². The first-order valence-electron chi connectivity index (χ1n) is 7.62. The Morgan fingerprint density at radius 3 is 2.90 bits per heavy atom. The number of nitrogens with one attached hydrogen (secondary N) is 1. The fourth-order valence-electron chi connectivity index (χ4n) is 3.58. The molecule has 0 saturated carbocycles. The van der Waals surface area contributed by atoms with Gasteiger partial charge in [0.25, 0.3) is 0 Å². The van der Waals surface area contributed by atoms with Gasteiger partial charge in [-0.25, -0.2) is 0 Å². The van der Waals surface area contributed by atoms with Crippen molar-refractivity contribution < 1.29 is 0 Å². The maximum Gasteiger partial charge on any atom is 0.0452 e. The molecule has 3 rings (SSSR count). The Bertz CT molecular complexity index is 458. The van der Waals surface area contributed by atoms with Crippen LogP contribution in [0.1, 0.15) is 31.2 Å². The standard InChI is InChI=1S/C16H22Cl2N2/c17-14-5-6-15(18)13(9-14)11-20-8-2-3-12(10-20)16-4-1-7-19-16/h5-6,9,12,16,19H,1-4,7-8,10-11H2. The second-order valence-corrected chi connectivity index (χ2v) is 6.92. The Morgan fingerprint density at radius 1 is 1.20 bits per heavy atom. The van der Waals surface area contributed by atoms with Gasteiger partial charge in [-0.2, -0.15) is 0 Å². The maximum absolute atomic E-state index is 6.28. The summed E-state index contributed by atoms with van der Waals surface area (Å²) in [5, 5.41) is 5.26. The minimum Gasteiger partial charge on any atom is -0.314 e. The van der Waals surface area contributed by atoms with E-state index in [1.54, 1.807) is 0 Å². The molecule has 1 N–H and O–H groups in total. The molecule has 0 bridgehead atoms. The Hall–Kier alpha value is -0.280. The first-order chi connectivity index (χ1) is 9.72. The first kappa shape index (κ1) is 14.6. The SMILES string of the molecule is Clc1ccc(Cl)c(CN2CCCC(C3CCCN3)C2)c1. The summed E-state index contributed by atoms with van der Waals surface area (Å²) in [4.78, 5) is 2.53. The minimum atomic E-state index is 0.729. The smallest absolute Gasteiger partial charge is 0.0452 e. The topological polar surface area (TPSA) is 15.3 Å². The number of hydrogen-bond donors (Lipinski definition) is 1. The molecule has 20 heavy (non-hydrogen) atoms. The van der Waals surface area contributed by atoms with Gasteiger partial charge in [0, 0.05) is 29.2 Å². The van der Waals surface area contributed by atoms with Crippen LogP contribution in [0.4, 0.5) is 0 Å². The van der Waals surface area contributed by atoms with E-state index in [4.69, 9.17) is 23.2 Å². The zero-order valence-electron chi connectivity index (χ0n) is 11.7. The molecule has 1 aromatic carbocycles. The van der Waals surface area contributed by atoms with Crippen LogP contribution < -0.4 is 5.32 Å².